The zero-order valence-corrected chi connectivity index (χ0v) is 20.6. The molecule has 2 nitrogen and oxygen atoms in total. The molecule has 0 unspecified atom stereocenters. The number of benzene rings is 2. The van der Waals surface area contributed by atoms with Gasteiger partial charge in [0.05, 0.1) is 0 Å². The molecule has 1 aromatic heterocycles. The molecule has 2 aromatic carbocycles. The predicted octanol–water partition coefficient (Wildman–Crippen LogP) is 2.89. The second kappa shape index (κ2) is 9.96. The molecule has 1 aliphatic carbocycles. The van der Waals surface area contributed by atoms with Crippen LogP contribution >= 0.6 is 0 Å². The Morgan fingerprint density at radius 2 is 1.23 bits per heavy atom. The summed E-state index contributed by atoms with van der Waals surface area (Å²) in [4.78, 5) is 0. The summed E-state index contributed by atoms with van der Waals surface area (Å²) in [7, 11) is 0. The van der Waals surface area contributed by atoms with Crippen molar-refractivity contribution >= 4 is 0 Å². The molecule has 30 heavy (non-hydrogen) atoms. The van der Waals surface area contributed by atoms with Crippen LogP contribution in [-0.4, -0.2) is 4.57 Å². The van der Waals surface area contributed by atoms with Crippen LogP contribution in [-0.2, 0) is 38.5 Å². The molecule has 0 atom stereocenters. The van der Waals surface area contributed by atoms with Crippen molar-refractivity contribution in [3.05, 3.63) is 76.4 Å². The highest BCUT2D eigenvalue weighted by atomic mass is 79.9. The lowest BCUT2D eigenvalue weighted by Crippen LogP contribution is -3.00. The van der Waals surface area contributed by atoms with E-state index in [2.05, 4.69) is 79.6 Å². The average Bonchev–Trinajstić information content (AvgIpc) is 3.16. The summed E-state index contributed by atoms with van der Waals surface area (Å²) in [6, 6.07) is 13.7. The van der Waals surface area contributed by atoms with Crippen LogP contribution in [0.1, 0.15) is 74.2 Å². The smallest absolute Gasteiger partial charge is 0.254 e. The van der Waals surface area contributed by atoms with E-state index in [1.807, 2.05) is 0 Å². The van der Waals surface area contributed by atoms with E-state index < -0.39 is 0 Å². The third kappa shape index (κ3) is 3.89. The fourth-order valence-electron chi connectivity index (χ4n) is 5.08. The highest BCUT2D eigenvalue weighted by molar-refractivity contribution is 5.50. The number of nitrogens with zero attached hydrogens (tertiary/aromatic N) is 2. The van der Waals surface area contributed by atoms with Gasteiger partial charge in [0.15, 0.2) is 11.4 Å². The molecule has 0 fully saturated rings. The molecule has 0 N–H and O–H groups in total. The number of hydrogen-bond acceptors (Lipinski definition) is 0. The van der Waals surface area contributed by atoms with E-state index >= 15 is 0 Å². The van der Waals surface area contributed by atoms with E-state index in [0.29, 0.717) is 0 Å². The first-order valence-corrected chi connectivity index (χ1v) is 11.6. The molecule has 0 amide bonds. The fraction of sp³-hybridized carbons (Fsp3) is 0.444. The molecule has 0 aliphatic heterocycles. The van der Waals surface area contributed by atoms with Crippen LogP contribution in [0.4, 0.5) is 0 Å². The van der Waals surface area contributed by atoms with Gasteiger partial charge in [-0.05, 0) is 60.8 Å². The maximum atomic E-state index is 2.55. The van der Waals surface area contributed by atoms with Gasteiger partial charge in [0.1, 0.15) is 11.4 Å². The summed E-state index contributed by atoms with van der Waals surface area (Å²) < 4.78 is 5.11. The zero-order chi connectivity index (χ0) is 20.4. The second-order valence-electron chi connectivity index (χ2n) is 8.22. The number of fused-ring (bicyclic) bond motifs is 1. The zero-order valence-electron chi connectivity index (χ0n) is 19.0. The van der Waals surface area contributed by atoms with E-state index in [0.717, 1.165) is 25.7 Å². The molecule has 0 saturated heterocycles. The van der Waals surface area contributed by atoms with Crippen molar-refractivity contribution in [1.29, 1.82) is 0 Å². The Bertz CT molecular complexity index is 891. The lowest BCUT2D eigenvalue weighted by atomic mass is 9.97. The molecule has 0 spiro atoms. The number of rotatable bonds is 6. The van der Waals surface area contributed by atoms with Gasteiger partial charge in [0.2, 0.25) is 0 Å². The topological polar surface area (TPSA) is 8.81 Å². The lowest BCUT2D eigenvalue weighted by molar-refractivity contribution is -0.604. The maximum Gasteiger partial charge on any atom is 0.254 e. The van der Waals surface area contributed by atoms with Crippen LogP contribution in [0.5, 0.6) is 0 Å². The van der Waals surface area contributed by atoms with Crippen LogP contribution in [0, 0.1) is 0 Å². The van der Waals surface area contributed by atoms with Crippen molar-refractivity contribution in [2.24, 2.45) is 0 Å². The molecule has 0 saturated carbocycles. The van der Waals surface area contributed by atoms with Crippen molar-refractivity contribution in [1.82, 2.24) is 4.57 Å². The first-order valence-electron chi connectivity index (χ1n) is 11.6. The molecular formula is C27H35BrN2. The van der Waals surface area contributed by atoms with Crippen LogP contribution in [0.15, 0.2) is 42.7 Å². The van der Waals surface area contributed by atoms with E-state index in [1.165, 1.54) is 70.7 Å². The van der Waals surface area contributed by atoms with Gasteiger partial charge < -0.3 is 17.0 Å². The molecule has 1 aliphatic rings. The van der Waals surface area contributed by atoms with E-state index in [1.54, 1.807) is 0 Å². The van der Waals surface area contributed by atoms with Gasteiger partial charge in [-0.25, -0.2) is 0 Å². The van der Waals surface area contributed by atoms with Crippen LogP contribution in [0.25, 0.3) is 11.4 Å². The van der Waals surface area contributed by atoms with E-state index in [4.69, 9.17) is 0 Å². The van der Waals surface area contributed by atoms with Crippen molar-refractivity contribution in [2.45, 2.75) is 79.1 Å². The molecular weight excluding hydrogens is 432 g/mol. The second-order valence-corrected chi connectivity index (χ2v) is 8.22. The fourth-order valence-corrected chi connectivity index (χ4v) is 5.08. The van der Waals surface area contributed by atoms with Crippen LogP contribution < -0.4 is 21.5 Å². The number of imidazole rings is 1. The predicted molar refractivity (Wildman–Crippen MR) is 121 cm³/mol. The maximum absolute atomic E-state index is 2.55. The van der Waals surface area contributed by atoms with Crippen LogP contribution in [0.3, 0.4) is 0 Å². The van der Waals surface area contributed by atoms with Gasteiger partial charge >= 0.3 is 0 Å². The Labute approximate surface area is 192 Å². The summed E-state index contributed by atoms with van der Waals surface area (Å²) in [5.41, 5.74) is 11.7. The first kappa shape index (κ1) is 22.8. The molecule has 0 radical (unpaired) electrons. The van der Waals surface area contributed by atoms with Gasteiger partial charge in [0, 0.05) is 12.8 Å². The standard InChI is InChI=1S/C27H35N2.BrH/c1-5-20-13-11-14-21(6-2)26(20)28-19-29(25-18-10-9-17-24(25)28)27-22(7-3)15-12-16-23(27)8-4;/h11-16,19H,5-10,17-18H2,1-4H3;1H/q+1;/p-1. The number of para-hydroxylation sites is 2. The SMILES string of the molecule is CCc1cccc(CC)c1-n1c[n+](-c2c(CC)cccc2CC)c2c1CCCC2.[Br-]. The molecule has 1 heterocycles. The highest BCUT2D eigenvalue weighted by Gasteiger charge is 2.31. The molecule has 3 aromatic rings. The Morgan fingerprint density at radius 1 is 0.733 bits per heavy atom. The molecule has 160 valence electrons. The van der Waals surface area contributed by atoms with Crippen LogP contribution in [0.2, 0.25) is 0 Å². The van der Waals surface area contributed by atoms with Crippen molar-refractivity contribution in [3.63, 3.8) is 0 Å². The van der Waals surface area contributed by atoms with E-state index in [-0.39, 0.29) is 17.0 Å². The minimum absolute atomic E-state index is 0. The summed E-state index contributed by atoms with van der Waals surface area (Å²) in [5.74, 6) is 0. The highest BCUT2D eigenvalue weighted by Crippen LogP contribution is 2.29. The first-order chi connectivity index (χ1) is 14.2. The Hall–Kier alpha value is -1.87. The summed E-state index contributed by atoms with van der Waals surface area (Å²) in [6.07, 6.45) is 11.6. The number of aryl methyl sites for hydroxylation is 4. The third-order valence-corrected chi connectivity index (χ3v) is 6.63. The largest absolute Gasteiger partial charge is 1.00 e. The third-order valence-electron chi connectivity index (χ3n) is 6.63. The van der Waals surface area contributed by atoms with Gasteiger partial charge in [-0.15, -0.1) is 0 Å². The summed E-state index contributed by atoms with van der Waals surface area (Å²) in [5, 5.41) is 0. The summed E-state index contributed by atoms with van der Waals surface area (Å²) >= 11 is 0. The Kier molecular flexibility index (Phi) is 7.57. The average molecular weight is 467 g/mol. The molecule has 4 rings (SSSR count). The quantitative estimate of drug-likeness (QED) is 0.493. The molecule has 0 bridgehead atoms. The minimum atomic E-state index is 0. The van der Waals surface area contributed by atoms with Gasteiger partial charge in [0.25, 0.3) is 6.33 Å². The lowest BCUT2D eigenvalue weighted by Gasteiger charge is -2.14. The Morgan fingerprint density at radius 3 is 1.77 bits per heavy atom. The van der Waals surface area contributed by atoms with E-state index in [9.17, 15) is 0 Å². The Balaban J connectivity index is 0.00000256. The van der Waals surface area contributed by atoms with Gasteiger partial charge in [-0.1, -0.05) is 64.1 Å². The normalized spacial score (nSPS) is 13.1. The number of aromatic nitrogens is 2. The van der Waals surface area contributed by atoms with Gasteiger partial charge in [-0.2, -0.15) is 9.13 Å². The monoisotopic (exact) mass is 466 g/mol. The summed E-state index contributed by atoms with van der Waals surface area (Å²) in [6.45, 7) is 9.13. The van der Waals surface area contributed by atoms with Crippen molar-refractivity contribution in [2.75, 3.05) is 0 Å². The molecule has 3 heteroatoms. The van der Waals surface area contributed by atoms with Crippen molar-refractivity contribution < 1.29 is 21.5 Å². The van der Waals surface area contributed by atoms with Gasteiger partial charge in [-0.3, -0.25) is 0 Å². The number of halogens is 1. The van der Waals surface area contributed by atoms with Crippen molar-refractivity contribution in [3.8, 4) is 11.4 Å². The number of hydrogen-bond donors (Lipinski definition) is 0. The minimum Gasteiger partial charge on any atom is -1.00 e.